The highest BCUT2D eigenvalue weighted by atomic mass is 79.9. The van der Waals surface area contributed by atoms with Crippen molar-refractivity contribution in [3.05, 3.63) is 69.7 Å². The average molecular weight is 416 g/mol. The van der Waals surface area contributed by atoms with Crippen molar-refractivity contribution in [2.24, 2.45) is 0 Å². The molecule has 0 aliphatic carbocycles. The first kappa shape index (κ1) is 19.7. The lowest BCUT2D eigenvalue weighted by Crippen LogP contribution is -2.48. The lowest BCUT2D eigenvalue weighted by Gasteiger charge is -2.18. The summed E-state index contributed by atoms with van der Waals surface area (Å²) in [5.41, 5.74) is 1.99. The molecule has 0 saturated carbocycles. The highest BCUT2D eigenvalue weighted by Gasteiger charge is 2.26. The molecule has 0 bridgehead atoms. The summed E-state index contributed by atoms with van der Waals surface area (Å²) in [5, 5.41) is 12.1. The van der Waals surface area contributed by atoms with Gasteiger partial charge in [-0.05, 0) is 55.5 Å². The first-order chi connectivity index (χ1) is 12.4. The molecule has 0 aromatic heterocycles. The number of rotatable bonds is 4. The molecule has 5 nitrogen and oxygen atoms in total. The topological polar surface area (TPSA) is 75.6 Å². The molecule has 2 rings (SSSR count). The van der Waals surface area contributed by atoms with E-state index in [-0.39, 0.29) is 0 Å². The SMILES string of the molecule is COC(=O)[C@@H](NC(=O)c1ccc(C#Cc2ccc(Br)cc2)cc1)[C@@H](C)O. The van der Waals surface area contributed by atoms with Crippen molar-refractivity contribution in [2.45, 2.75) is 19.1 Å². The number of aliphatic hydroxyl groups excluding tert-OH is 1. The first-order valence-corrected chi connectivity index (χ1v) is 8.64. The quantitative estimate of drug-likeness (QED) is 0.594. The molecule has 2 atom stereocenters. The summed E-state index contributed by atoms with van der Waals surface area (Å²) in [6.45, 7) is 1.41. The molecule has 134 valence electrons. The predicted molar refractivity (Wildman–Crippen MR) is 102 cm³/mol. The second-order valence-electron chi connectivity index (χ2n) is 5.55. The van der Waals surface area contributed by atoms with Crippen LogP contribution in [0, 0.1) is 11.8 Å². The zero-order chi connectivity index (χ0) is 19.1. The van der Waals surface area contributed by atoms with E-state index in [4.69, 9.17) is 0 Å². The molecule has 0 spiro atoms. The zero-order valence-corrected chi connectivity index (χ0v) is 15.9. The van der Waals surface area contributed by atoms with Crippen LogP contribution in [0.4, 0.5) is 0 Å². The van der Waals surface area contributed by atoms with Gasteiger partial charge >= 0.3 is 5.97 Å². The summed E-state index contributed by atoms with van der Waals surface area (Å²) in [6, 6.07) is 13.2. The van der Waals surface area contributed by atoms with E-state index in [1.165, 1.54) is 14.0 Å². The Labute approximate surface area is 160 Å². The maximum absolute atomic E-state index is 12.2. The summed E-state index contributed by atoms with van der Waals surface area (Å²) in [4.78, 5) is 23.8. The van der Waals surface area contributed by atoms with Crippen LogP contribution in [-0.2, 0) is 9.53 Å². The minimum atomic E-state index is -1.12. The van der Waals surface area contributed by atoms with Crippen molar-refractivity contribution in [1.82, 2.24) is 5.32 Å². The van der Waals surface area contributed by atoms with Crippen molar-refractivity contribution >= 4 is 27.8 Å². The van der Waals surface area contributed by atoms with Crippen LogP contribution in [0.5, 0.6) is 0 Å². The number of aliphatic hydroxyl groups is 1. The maximum atomic E-state index is 12.2. The van der Waals surface area contributed by atoms with Crippen molar-refractivity contribution in [3.63, 3.8) is 0 Å². The largest absolute Gasteiger partial charge is 0.467 e. The Morgan fingerprint density at radius 2 is 1.54 bits per heavy atom. The van der Waals surface area contributed by atoms with E-state index < -0.39 is 24.0 Å². The van der Waals surface area contributed by atoms with Crippen molar-refractivity contribution in [1.29, 1.82) is 0 Å². The number of hydrogen-bond donors (Lipinski definition) is 2. The van der Waals surface area contributed by atoms with Crippen LogP contribution in [0.3, 0.4) is 0 Å². The molecule has 0 aliphatic rings. The third-order valence-electron chi connectivity index (χ3n) is 3.57. The minimum absolute atomic E-state index is 0.355. The summed E-state index contributed by atoms with van der Waals surface area (Å²) >= 11 is 3.37. The number of carbonyl (C=O) groups is 2. The maximum Gasteiger partial charge on any atom is 0.331 e. The van der Waals surface area contributed by atoms with Crippen LogP contribution in [0.25, 0.3) is 0 Å². The normalized spacial score (nSPS) is 12.3. The van der Waals surface area contributed by atoms with E-state index >= 15 is 0 Å². The van der Waals surface area contributed by atoms with Gasteiger partial charge in [0.05, 0.1) is 13.2 Å². The second-order valence-corrected chi connectivity index (χ2v) is 6.46. The van der Waals surface area contributed by atoms with E-state index in [1.54, 1.807) is 24.3 Å². The molecular weight excluding hydrogens is 398 g/mol. The average Bonchev–Trinajstić information content (AvgIpc) is 2.65. The molecule has 1 amide bonds. The highest BCUT2D eigenvalue weighted by molar-refractivity contribution is 9.10. The Bertz CT molecular complexity index is 833. The van der Waals surface area contributed by atoms with Gasteiger partial charge < -0.3 is 15.2 Å². The van der Waals surface area contributed by atoms with Gasteiger partial charge in [-0.15, -0.1) is 0 Å². The molecule has 26 heavy (non-hydrogen) atoms. The van der Waals surface area contributed by atoms with Crippen LogP contribution < -0.4 is 5.32 Å². The smallest absolute Gasteiger partial charge is 0.331 e. The fourth-order valence-electron chi connectivity index (χ4n) is 2.11. The number of hydrogen-bond acceptors (Lipinski definition) is 4. The lowest BCUT2D eigenvalue weighted by atomic mass is 10.1. The van der Waals surface area contributed by atoms with Gasteiger partial charge in [0.15, 0.2) is 6.04 Å². The predicted octanol–water partition coefficient (Wildman–Crippen LogP) is 2.50. The zero-order valence-electron chi connectivity index (χ0n) is 14.3. The van der Waals surface area contributed by atoms with Gasteiger partial charge in [0.25, 0.3) is 5.91 Å². The molecule has 0 unspecified atom stereocenters. The molecule has 2 aromatic carbocycles. The van der Waals surface area contributed by atoms with Crippen LogP contribution in [0.15, 0.2) is 53.0 Å². The van der Waals surface area contributed by atoms with E-state index in [1.807, 2.05) is 24.3 Å². The fraction of sp³-hybridized carbons (Fsp3) is 0.200. The fourth-order valence-corrected chi connectivity index (χ4v) is 2.37. The summed E-state index contributed by atoms with van der Waals surface area (Å²) in [5.74, 6) is 4.88. The Balaban J connectivity index is 2.08. The van der Waals surface area contributed by atoms with Crippen LogP contribution in [0.1, 0.15) is 28.4 Å². The molecule has 2 aromatic rings. The summed E-state index contributed by atoms with van der Waals surface area (Å²) in [7, 11) is 1.20. The van der Waals surface area contributed by atoms with Crippen molar-refractivity contribution in [2.75, 3.05) is 7.11 Å². The monoisotopic (exact) mass is 415 g/mol. The summed E-state index contributed by atoms with van der Waals surface area (Å²) in [6.07, 6.45) is -1.07. The van der Waals surface area contributed by atoms with E-state index in [2.05, 4.69) is 37.8 Å². The summed E-state index contributed by atoms with van der Waals surface area (Å²) < 4.78 is 5.56. The standard InChI is InChI=1S/C20H18BrNO4/c1-13(23)18(20(25)26-2)22-19(24)16-9-5-14(6-10-16)3-4-15-7-11-17(21)12-8-15/h5-13,18,23H,1-2H3,(H,22,24)/t13-,18+/m1/s1. The van der Waals surface area contributed by atoms with Gasteiger partial charge in [-0.1, -0.05) is 27.8 Å². The Morgan fingerprint density at radius 1 is 1.04 bits per heavy atom. The first-order valence-electron chi connectivity index (χ1n) is 7.85. The van der Waals surface area contributed by atoms with Crippen molar-refractivity contribution < 1.29 is 19.4 Å². The van der Waals surface area contributed by atoms with E-state index in [9.17, 15) is 14.7 Å². The third kappa shape index (κ3) is 5.45. The highest BCUT2D eigenvalue weighted by Crippen LogP contribution is 2.10. The number of halogens is 1. The molecule has 0 radical (unpaired) electrons. The molecule has 2 N–H and O–H groups in total. The van der Waals surface area contributed by atoms with Gasteiger partial charge in [0.2, 0.25) is 0 Å². The van der Waals surface area contributed by atoms with Gasteiger partial charge in [-0.2, -0.15) is 0 Å². The lowest BCUT2D eigenvalue weighted by molar-refractivity contribution is -0.145. The number of amides is 1. The minimum Gasteiger partial charge on any atom is -0.467 e. The number of methoxy groups -OCH3 is 1. The second kappa shape index (κ2) is 9.18. The Morgan fingerprint density at radius 3 is 2.00 bits per heavy atom. The van der Waals surface area contributed by atoms with E-state index in [0.29, 0.717) is 5.56 Å². The van der Waals surface area contributed by atoms with Gasteiger partial charge in [0, 0.05) is 21.2 Å². The van der Waals surface area contributed by atoms with Gasteiger partial charge in [-0.3, -0.25) is 4.79 Å². The molecule has 6 heteroatoms. The third-order valence-corrected chi connectivity index (χ3v) is 4.10. The Hall–Kier alpha value is -2.62. The number of esters is 1. The van der Waals surface area contributed by atoms with Crippen LogP contribution >= 0.6 is 15.9 Å². The number of ether oxygens (including phenoxy) is 1. The van der Waals surface area contributed by atoms with Crippen LogP contribution in [0.2, 0.25) is 0 Å². The van der Waals surface area contributed by atoms with Crippen molar-refractivity contribution in [3.8, 4) is 11.8 Å². The molecule has 0 aliphatic heterocycles. The van der Waals surface area contributed by atoms with E-state index in [0.717, 1.165) is 15.6 Å². The number of benzene rings is 2. The van der Waals surface area contributed by atoms with Gasteiger partial charge in [0.1, 0.15) is 0 Å². The number of nitrogens with one attached hydrogen (secondary N) is 1. The number of carbonyl (C=O) groups excluding carboxylic acids is 2. The molecule has 0 fully saturated rings. The molecule has 0 saturated heterocycles. The van der Waals surface area contributed by atoms with Gasteiger partial charge in [-0.25, -0.2) is 4.79 Å². The molecular formula is C20H18BrNO4. The Kier molecular flexibility index (Phi) is 6.96. The molecule has 0 heterocycles. The van der Waals surface area contributed by atoms with Crippen LogP contribution in [-0.4, -0.2) is 36.2 Å².